The topological polar surface area (TPSA) is 75.3 Å². The molecule has 0 aliphatic rings. The highest BCUT2D eigenvalue weighted by atomic mass is 35.5. The molecule has 5 nitrogen and oxygen atoms in total. The summed E-state index contributed by atoms with van der Waals surface area (Å²) in [6.45, 7) is 1.63. The second-order valence-corrected chi connectivity index (χ2v) is 9.80. The lowest BCUT2D eigenvalue weighted by atomic mass is 10.1. The van der Waals surface area contributed by atoms with Crippen molar-refractivity contribution in [2.75, 3.05) is 12.0 Å². The van der Waals surface area contributed by atoms with Crippen molar-refractivity contribution in [3.05, 3.63) is 63.9 Å². The molecule has 2 aromatic rings. The molecule has 10 heteroatoms. The molecule has 2 aromatic carbocycles. The maximum Gasteiger partial charge on any atom is 0.241 e. The van der Waals surface area contributed by atoms with E-state index in [1.165, 1.54) is 30.0 Å². The zero-order valence-electron chi connectivity index (χ0n) is 15.8. The average Bonchev–Trinajstić information content (AvgIpc) is 2.68. The summed E-state index contributed by atoms with van der Waals surface area (Å²) >= 11 is 13.3. The minimum absolute atomic E-state index is 0.0674. The zero-order chi connectivity index (χ0) is 21.6. The fourth-order valence-corrected chi connectivity index (χ4v) is 4.86. The Morgan fingerprint density at radius 3 is 2.45 bits per heavy atom. The zero-order valence-corrected chi connectivity index (χ0v) is 18.9. The number of carbonyl (C=O) groups is 1. The molecule has 0 aromatic heterocycles. The first kappa shape index (κ1) is 24.0. The molecule has 29 heavy (non-hydrogen) atoms. The molecule has 0 saturated carbocycles. The molecule has 158 valence electrons. The lowest BCUT2D eigenvalue weighted by molar-refractivity contribution is -0.123. The van der Waals surface area contributed by atoms with Crippen LogP contribution in [-0.2, 0) is 14.8 Å². The van der Waals surface area contributed by atoms with E-state index in [1.54, 1.807) is 25.1 Å². The smallest absolute Gasteiger partial charge is 0.241 e. The first-order chi connectivity index (χ1) is 13.7. The monoisotopic (exact) mass is 478 g/mol. The fourth-order valence-electron chi connectivity index (χ4n) is 2.60. The summed E-state index contributed by atoms with van der Waals surface area (Å²) in [6, 6.07) is 8.57. The summed E-state index contributed by atoms with van der Waals surface area (Å²) in [7, 11) is -3.88. The van der Waals surface area contributed by atoms with Crippen molar-refractivity contribution in [1.29, 1.82) is 0 Å². The minimum Gasteiger partial charge on any atom is -0.348 e. The largest absolute Gasteiger partial charge is 0.348 e. The summed E-state index contributed by atoms with van der Waals surface area (Å²) in [6.07, 6.45) is 2.15. The molecular weight excluding hydrogens is 458 g/mol. The number of halogens is 3. The van der Waals surface area contributed by atoms with Gasteiger partial charge in [0.2, 0.25) is 15.9 Å². The van der Waals surface area contributed by atoms with Crippen LogP contribution < -0.4 is 10.0 Å². The van der Waals surface area contributed by atoms with Crippen LogP contribution in [0, 0.1) is 5.82 Å². The van der Waals surface area contributed by atoms with Crippen molar-refractivity contribution < 1.29 is 17.6 Å². The van der Waals surface area contributed by atoms with Crippen molar-refractivity contribution >= 4 is 50.9 Å². The van der Waals surface area contributed by atoms with Crippen LogP contribution in [0.3, 0.4) is 0 Å². The van der Waals surface area contributed by atoms with Crippen molar-refractivity contribution in [3.63, 3.8) is 0 Å². The molecule has 2 unspecified atom stereocenters. The number of carbonyl (C=O) groups excluding carboxylic acids is 1. The van der Waals surface area contributed by atoms with Crippen LogP contribution >= 0.6 is 35.0 Å². The highest BCUT2D eigenvalue weighted by molar-refractivity contribution is 7.98. The Labute approximate surface area is 184 Å². The second-order valence-electron chi connectivity index (χ2n) is 6.29. The lowest BCUT2D eigenvalue weighted by Gasteiger charge is -2.22. The maximum absolute atomic E-state index is 13.8. The number of thioether (sulfide) groups is 1. The van der Waals surface area contributed by atoms with Crippen molar-refractivity contribution in [2.45, 2.75) is 30.3 Å². The van der Waals surface area contributed by atoms with Crippen molar-refractivity contribution in [3.8, 4) is 0 Å². The number of hydrogen-bond donors (Lipinski definition) is 2. The molecule has 0 fully saturated rings. The minimum atomic E-state index is -3.88. The SMILES string of the molecule is CSCCC(NS(=O)(=O)c1ccccc1)C(=O)NC(C)c1cc(F)c(Cl)cc1Cl. The van der Waals surface area contributed by atoms with E-state index in [0.717, 1.165) is 6.07 Å². The first-order valence-electron chi connectivity index (χ1n) is 8.67. The Kier molecular flexibility index (Phi) is 8.78. The Balaban J connectivity index is 2.19. The molecule has 0 aliphatic heterocycles. The lowest BCUT2D eigenvalue weighted by Crippen LogP contribution is -2.47. The molecule has 0 saturated heterocycles. The fraction of sp³-hybridized carbons (Fsp3) is 0.316. The van der Waals surface area contributed by atoms with Gasteiger partial charge in [0, 0.05) is 5.02 Å². The highest BCUT2D eigenvalue weighted by Gasteiger charge is 2.27. The van der Waals surface area contributed by atoms with Crippen molar-refractivity contribution in [1.82, 2.24) is 10.0 Å². The van der Waals surface area contributed by atoms with Crippen LogP contribution in [0.2, 0.25) is 10.0 Å². The van der Waals surface area contributed by atoms with Gasteiger partial charge in [-0.05, 0) is 55.2 Å². The van der Waals surface area contributed by atoms with E-state index in [4.69, 9.17) is 23.2 Å². The molecule has 2 atom stereocenters. The van der Waals surface area contributed by atoms with Gasteiger partial charge >= 0.3 is 0 Å². The highest BCUT2D eigenvalue weighted by Crippen LogP contribution is 2.28. The molecule has 0 bridgehead atoms. The number of amides is 1. The molecule has 2 rings (SSSR count). The molecule has 0 aliphatic carbocycles. The van der Waals surface area contributed by atoms with Crippen LogP contribution in [0.4, 0.5) is 4.39 Å². The number of benzene rings is 2. The Morgan fingerprint density at radius 1 is 1.17 bits per heavy atom. The summed E-state index contributed by atoms with van der Waals surface area (Å²) in [4.78, 5) is 12.9. The Morgan fingerprint density at radius 2 is 1.83 bits per heavy atom. The first-order valence-corrected chi connectivity index (χ1v) is 12.3. The van der Waals surface area contributed by atoms with E-state index in [9.17, 15) is 17.6 Å². The van der Waals surface area contributed by atoms with Gasteiger partial charge in [0.25, 0.3) is 0 Å². The molecular formula is C19H21Cl2FN2O3S2. The molecule has 0 spiro atoms. The Hall–Kier alpha value is -1.32. The van der Waals surface area contributed by atoms with Gasteiger partial charge in [-0.3, -0.25) is 4.79 Å². The van der Waals surface area contributed by atoms with Crippen molar-refractivity contribution in [2.24, 2.45) is 0 Å². The van der Waals surface area contributed by atoms with Gasteiger partial charge in [-0.15, -0.1) is 0 Å². The van der Waals surface area contributed by atoms with E-state index < -0.39 is 33.8 Å². The summed E-state index contributed by atoms with van der Waals surface area (Å²) in [5.74, 6) is -0.617. The third-order valence-electron chi connectivity index (χ3n) is 4.14. The summed E-state index contributed by atoms with van der Waals surface area (Å²) in [5, 5.41) is 2.78. The second kappa shape index (κ2) is 10.6. The predicted octanol–water partition coefficient (Wildman–Crippen LogP) is 4.41. The van der Waals surface area contributed by atoms with Gasteiger partial charge in [-0.1, -0.05) is 41.4 Å². The third-order valence-corrected chi connectivity index (χ3v) is 6.89. The maximum atomic E-state index is 13.8. The van der Waals surface area contributed by atoms with Crippen LogP contribution in [0.25, 0.3) is 0 Å². The van der Waals surface area contributed by atoms with Gasteiger partial charge in [0.05, 0.1) is 16.0 Å². The van der Waals surface area contributed by atoms with Gasteiger partial charge in [-0.25, -0.2) is 12.8 Å². The standard InChI is InChI=1S/C19H21Cl2FN2O3S2/c1-12(14-10-17(22)16(21)11-15(14)20)23-19(25)18(8-9-28-2)24-29(26,27)13-6-4-3-5-7-13/h3-7,10-12,18,24H,8-9H2,1-2H3,(H,23,25). The van der Waals surface area contributed by atoms with Crippen LogP contribution in [-0.4, -0.2) is 32.4 Å². The molecule has 0 radical (unpaired) electrons. The van der Waals surface area contributed by atoms with E-state index >= 15 is 0 Å². The van der Waals surface area contributed by atoms with Crippen LogP contribution in [0.5, 0.6) is 0 Å². The summed E-state index contributed by atoms with van der Waals surface area (Å²) in [5.41, 5.74) is 0.344. The molecule has 2 N–H and O–H groups in total. The number of rotatable bonds is 9. The summed E-state index contributed by atoms with van der Waals surface area (Å²) < 4.78 is 41.5. The predicted molar refractivity (Wildman–Crippen MR) is 117 cm³/mol. The van der Waals surface area contributed by atoms with Crippen LogP contribution in [0.1, 0.15) is 24.9 Å². The molecule has 1 amide bonds. The molecule has 0 heterocycles. The van der Waals surface area contributed by atoms with E-state index in [-0.39, 0.29) is 21.4 Å². The van der Waals surface area contributed by atoms with E-state index in [2.05, 4.69) is 10.0 Å². The van der Waals surface area contributed by atoms with Crippen LogP contribution in [0.15, 0.2) is 47.4 Å². The number of sulfonamides is 1. The Bertz CT molecular complexity index is 959. The quantitative estimate of drug-likeness (QED) is 0.523. The number of hydrogen-bond acceptors (Lipinski definition) is 4. The normalized spacial score (nSPS) is 13.7. The van der Waals surface area contributed by atoms with E-state index in [1.807, 2.05) is 6.26 Å². The van der Waals surface area contributed by atoms with Gasteiger partial charge in [-0.2, -0.15) is 16.5 Å². The van der Waals surface area contributed by atoms with E-state index in [0.29, 0.717) is 11.3 Å². The van der Waals surface area contributed by atoms with Gasteiger partial charge in [0.1, 0.15) is 11.9 Å². The average molecular weight is 479 g/mol. The third kappa shape index (κ3) is 6.58. The van der Waals surface area contributed by atoms with Gasteiger partial charge in [0.15, 0.2) is 0 Å². The van der Waals surface area contributed by atoms with Gasteiger partial charge < -0.3 is 5.32 Å². The number of nitrogens with one attached hydrogen (secondary N) is 2.